The Morgan fingerprint density at radius 2 is 1.42 bits per heavy atom. The number of carbonyl (C=O) groups is 2. The van der Waals surface area contributed by atoms with Crippen molar-refractivity contribution in [2.75, 3.05) is 12.0 Å². The van der Waals surface area contributed by atoms with Gasteiger partial charge in [-0.15, -0.1) is 0 Å². The molecule has 2 aromatic rings. The van der Waals surface area contributed by atoms with Gasteiger partial charge >= 0.3 is 11.9 Å². The fourth-order valence-electron chi connectivity index (χ4n) is 2.31. The molecule has 5 nitrogen and oxygen atoms in total. The Bertz CT molecular complexity index is 705. The van der Waals surface area contributed by atoms with E-state index in [-0.39, 0.29) is 19.0 Å². The van der Waals surface area contributed by atoms with Crippen molar-refractivity contribution in [1.29, 1.82) is 0 Å². The summed E-state index contributed by atoms with van der Waals surface area (Å²) in [6.45, 7) is 0.128. The van der Waals surface area contributed by atoms with Crippen molar-refractivity contribution < 1.29 is 24.2 Å². The van der Waals surface area contributed by atoms with Crippen LogP contribution in [0.15, 0.2) is 60.7 Å². The molecule has 1 N–H and O–H groups in total. The van der Waals surface area contributed by atoms with Gasteiger partial charge in [0.1, 0.15) is 13.2 Å². The first kappa shape index (κ1) is 20.0. The molecule has 0 saturated heterocycles. The Labute approximate surface area is 157 Å². The van der Waals surface area contributed by atoms with Crippen LogP contribution in [-0.2, 0) is 32.3 Å². The zero-order valence-corrected chi connectivity index (χ0v) is 15.4. The van der Waals surface area contributed by atoms with Crippen molar-refractivity contribution in [3.63, 3.8) is 0 Å². The number of hydrogen-bond donors (Lipinski definition) is 1. The fraction of sp³-hybridized carbons (Fsp3) is 0.300. The van der Waals surface area contributed by atoms with Crippen LogP contribution in [0.25, 0.3) is 0 Å². The molecule has 0 aromatic heterocycles. The third-order valence-electron chi connectivity index (χ3n) is 3.66. The molecule has 2 aromatic carbocycles. The van der Waals surface area contributed by atoms with Crippen LogP contribution in [0.2, 0.25) is 0 Å². The molecular weight excluding hydrogens is 352 g/mol. The molecular formula is C20H22O5S. The summed E-state index contributed by atoms with van der Waals surface area (Å²) in [4.78, 5) is 24.4. The van der Waals surface area contributed by atoms with Gasteiger partial charge in [0.2, 0.25) is 0 Å². The molecule has 0 radical (unpaired) electrons. The molecule has 6 heteroatoms. The Balaban J connectivity index is 1.91. The molecule has 2 rings (SSSR count). The summed E-state index contributed by atoms with van der Waals surface area (Å²) in [5, 5.41) is 10.6. The van der Waals surface area contributed by atoms with Gasteiger partial charge in [0.05, 0.1) is 6.42 Å². The third kappa shape index (κ3) is 6.20. The second-order valence-electron chi connectivity index (χ2n) is 5.85. The predicted octanol–water partition coefficient (Wildman–Crippen LogP) is 2.96. The summed E-state index contributed by atoms with van der Waals surface area (Å²) in [5.74, 6) is -1.43. The van der Waals surface area contributed by atoms with E-state index in [1.165, 1.54) is 11.8 Å². The van der Waals surface area contributed by atoms with Crippen molar-refractivity contribution in [2.45, 2.75) is 25.2 Å². The van der Waals surface area contributed by atoms with Crippen LogP contribution in [0.5, 0.6) is 0 Å². The quantitative estimate of drug-likeness (QED) is 0.681. The molecule has 0 unspecified atom stereocenters. The fourth-order valence-corrected chi connectivity index (χ4v) is 3.00. The van der Waals surface area contributed by atoms with Gasteiger partial charge in [0.15, 0.2) is 5.60 Å². The van der Waals surface area contributed by atoms with Crippen molar-refractivity contribution >= 4 is 23.7 Å². The Morgan fingerprint density at radius 3 is 1.92 bits per heavy atom. The Hall–Kier alpha value is -2.31. The van der Waals surface area contributed by atoms with E-state index in [9.17, 15) is 14.7 Å². The third-order valence-corrected chi connectivity index (χ3v) is 4.42. The molecule has 0 aliphatic heterocycles. The minimum Gasteiger partial charge on any atom is -0.461 e. The smallest absolute Gasteiger partial charge is 0.339 e. The zero-order chi connectivity index (χ0) is 18.8. The molecule has 0 aliphatic rings. The highest BCUT2D eigenvalue weighted by molar-refractivity contribution is 7.98. The van der Waals surface area contributed by atoms with E-state index < -0.39 is 24.0 Å². The predicted molar refractivity (Wildman–Crippen MR) is 100 cm³/mol. The average molecular weight is 374 g/mol. The molecule has 0 bridgehead atoms. The van der Waals surface area contributed by atoms with Crippen LogP contribution in [0.1, 0.15) is 17.5 Å². The minimum absolute atomic E-state index is 0.0371. The maximum Gasteiger partial charge on any atom is 0.339 e. The molecule has 0 fully saturated rings. The standard InChI is InChI=1S/C20H22O5S/c1-26-15-20(23,19(22)25-14-17-10-6-3-7-11-17)12-18(21)24-13-16-8-4-2-5-9-16/h2-11,23H,12-15H2,1H3/t20-/m1/s1. The van der Waals surface area contributed by atoms with Gasteiger partial charge < -0.3 is 14.6 Å². The van der Waals surface area contributed by atoms with Gasteiger partial charge in [-0.1, -0.05) is 60.7 Å². The summed E-state index contributed by atoms with van der Waals surface area (Å²) in [7, 11) is 0. The zero-order valence-electron chi connectivity index (χ0n) is 14.6. The number of hydrogen-bond acceptors (Lipinski definition) is 6. The Kier molecular flexibility index (Phi) is 7.69. The Morgan fingerprint density at radius 1 is 0.923 bits per heavy atom. The monoisotopic (exact) mass is 374 g/mol. The lowest BCUT2D eigenvalue weighted by molar-refractivity contribution is -0.171. The molecule has 0 heterocycles. The highest BCUT2D eigenvalue weighted by Crippen LogP contribution is 2.20. The molecule has 0 aliphatic carbocycles. The highest BCUT2D eigenvalue weighted by atomic mass is 32.2. The second-order valence-corrected chi connectivity index (χ2v) is 6.72. The van der Waals surface area contributed by atoms with E-state index in [1.807, 2.05) is 60.7 Å². The summed E-state index contributed by atoms with van der Waals surface area (Å²) in [5.41, 5.74) is -0.276. The number of rotatable bonds is 9. The largest absolute Gasteiger partial charge is 0.461 e. The van der Waals surface area contributed by atoms with Gasteiger partial charge in [-0.05, 0) is 17.4 Å². The molecule has 26 heavy (non-hydrogen) atoms. The maximum atomic E-state index is 12.3. The summed E-state index contributed by atoms with van der Waals surface area (Å²) in [6.07, 6.45) is 1.29. The van der Waals surface area contributed by atoms with Gasteiger partial charge in [-0.2, -0.15) is 11.8 Å². The summed E-state index contributed by atoms with van der Waals surface area (Å²) < 4.78 is 10.4. The van der Waals surface area contributed by atoms with Crippen LogP contribution >= 0.6 is 11.8 Å². The second kappa shape index (κ2) is 9.99. The van der Waals surface area contributed by atoms with E-state index in [0.717, 1.165) is 11.1 Å². The average Bonchev–Trinajstić information content (AvgIpc) is 2.66. The maximum absolute atomic E-state index is 12.3. The number of carbonyl (C=O) groups excluding carboxylic acids is 2. The van der Waals surface area contributed by atoms with E-state index in [1.54, 1.807) is 6.26 Å². The lowest BCUT2D eigenvalue weighted by atomic mass is 10.0. The lowest BCUT2D eigenvalue weighted by Crippen LogP contribution is -2.44. The van der Waals surface area contributed by atoms with Gasteiger partial charge in [0.25, 0.3) is 0 Å². The SMILES string of the molecule is CSC[C@](O)(CC(=O)OCc1ccccc1)C(=O)OCc1ccccc1. The van der Waals surface area contributed by atoms with Crippen molar-refractivity contribution in [1.82, 2.24) is 0 Å². The van der Waals surface area contributed by atoms with Crippen molar-refractivity contribution in [3.8, 4) is 0 Å². The number of aliphatic hydroxyl groups is 1. The van der Waals surface area contributed by atoms with Gasteiger partial charge in [-0.3, -0.25) is 4.79 Å². The normalized spacial score (nSPS) is 12.8. The van der Waals surface area contributed by atoms with E-state index >= 15 is 0 Å². The van der Waals surface area contributed by atoms with E-state index in [4.69, 9.17) is 9.47 Å². The van der Waals surface area contributed by atoms with Crippen LogP contribution in [0.4, 0.5) is 0 Å². The van der Waals surface area contributed by atoms with Crippen LogP contribution in [0.3, 0.4) is 0 Å². The number of benzene rings is 2. The first-order valence-corrected chi connectivity index (χ1v) is 9.55. The summed E-state index contributed by atoms with van der Waals surface area (Å²) in [6, 6.07) is 18.4. The summed E-state index contributed by atoms with van der Waals surface area (Å²) >= 11 is 1.26. The number of ether oxygens (including phenoxy) is 2. The topological polar surface area (TPSA) is 72.8 Å². The van der Waals surface area contributed by atoms with Crippen LogP contribution in [-0.4, -0.2) is 34.7 Å². The number of thioether (sulfide) groups is 1. The first-order chi connectivity index (χ1) is 12.5. The molecule has 0 saturated carbocycles. The van der Waals surface area contributed by atoms with E-state index in [0.29, 0.717) is 0 Å². The van der Waals surface area contributed by atoms with Crippen LogP contribution < -0.4 is 0 Å². The molecule has 0 amide bonds. The first-order valence-electron chi connectivity index (χ1n) is 8.15. The van der Waals surface area contributed by atoms with Gasteiger partial charge in [0, 0.05) is 5.75 Å². The molecule has 0 spiro atoms. The number of esters is 2. The van der Waals surface area contributed by atoms with Crippen molar-refractivity contribution in [2.24, 2.45) is 0 Å². The van der Waals surface area contributed by atoms with Gasteiger partial charge in [-0.25, -0.2) is 4.79 Å². The molecule has 138 valence electrons. The van der Waals surface area contributed by atoms with Crippen molar-refractivity contribution in [3.05, 3.63) is 71.8 Å². The molecule has 1 atom stereocenters. The van der Waals surface area contributed by atoms with Crippen LogP contribution in [0, 0.1) is 0 Å². The highest BCUT2D eigenvalue weighted by Gasteiger charge is 2.40. The van der Waals surface area contributed by atoms with E-state index in [2.05, 4.69) is 0 Å². The minimum atomic E-state index is -1.91. The lowest BCUT2D eigenvalue weighted by Gasteiger charge is -2.24.